The first-order chi connectivity index (χ1) is 11.2. The minimum Gasteiger partial charge on any atom is -0.481 e. The molecule has 1 aromatic rings. The van der Waals surface area contributed by atoms with Gasteiger partial charge in [0.2, 0.25) is 0 Å². The smallest absolute Gasteiger partial charge is 0.410 e. The Morgan fingerprint density at radius 3 is 2.50 bits per heavy atom. The van der Waals surface area contributed by atoms with Crippen LogP contribution in [0.4, 0.5) is 4.79 Å². The molecule has 0 aromatic heterocycles. The summed E-state index contributed by atoms with van der Waals surface area (Å²) in [4.78, 5) is 25.8. The molecule has 0 unspecified atom stereocenters. The Morgan fingerprint density at radius 2 is 1.96 bits per heavy atom. The highest BCUT2D eigenvalue weighted by atomic mass is 35.5. The third-order valence-corrected chi connectivity index (χ3v) is 3.93. The predicted octanol–water partition coefficient (Wildman–Crippen LogP) is 3.14. The van der Waals surface area contributed by atoms with Gasteiger partial charge in [0.25, 0.3) is 0 Å². The second-order valence-electron chi connectivity index (χ2n) is 6.68. The summed E-state index contributed by atoms with van der Waals surface area (Å²) >= 11 is 5.88. The molecule has 1 N–H and O–H groups in total. The lowest BCUT2D eigenvalue weighted by molar-refractivity contribution is -0.142. The van der Waals surface area contributed by atoms with Gasteiger partial charge in [-0.05, 0) is 38.5 Å². The maximum Gasteiger partial charge on any atom is 0.410 e. The SMILES string of the molecule is CC(C)(C)OC(=O)N1CCOC[C@H]1[C@@H](C(=O)O)c1ccc(Cl)cc1. The highest BCUT2D eigenvalue weighted by Crippen LogP contribution is 2.28. The summed E-state index contributed by atoms with van der Waals surface area (Å²) in [5.74, 6) is -1.95. The molecule has 7 heteroatoms. The van der Waals surface area contributed by atoms with Crippen molar-refractivity contribution >= 4 is 23.7 Å². The molecule has 6 nitrogen and oxygen atoms in total. The fourth-order valence-electron chi connectivity index (χ4n) is 2.65. The molecule has 1 saturated heterocycles. The minimum absolute atomic E-state index is 0.138. The van der Waals surface area contributed by atoms with E-state index in [4.69, 9.17) is 21.1 Å². The number of nitrogens with zero attached hydrogens (tertiary/aromatic N) is 1. The molecule has 1 aliphatic heterocycles. The largest absolute Gasteiger partial charge is 0.481 e. The zero-order valence-electron chi connectivity index (χ0n) is 14.0. The van der Waals surface area contributed by atoms with E-state index in [2.05, 4.69) is 0 Å². The third kappa shape index (κ3) is 4.61. The van der Waals surface area contributed by atoms with Crippen molar-refractivity contribution in [3.63, 3.8) is 0 Å². The summed E-state index contributed by atoms with van der Waals surface area (Å²) in [5.41, 5.74) is -0.0881. The molecule has 1 amide bonds. The molecule has 0 saturated carbocycles. The number of benzene rings is 1. The maximum atomic E-state index is 12.5. The van der Waals surface area contributed by atoms with Gasteiger partial charge in [0.1, 0.15) is 11.5 Å². The van der Waals surface area contributed by atoms with Crippen molar-refractivity contribution in [1.82, 2.24) is 4.90 Å². The molecule has 0 bridgehead atoms. The van der Waals surface area contributed by atoms with E-state index in [9.17, 15) is 14.7 Å². The van der Waals surface area contributed by atoms with E-state index in [1.807, 2.05) is 0 Å². The standard InChI is InChI=1S/C17H22ClNO5/c1-17(2,3)24-16(22)19-8-9-23-10-13(19)14(15(20)21)11-4-6-12(18)7-5-11/h4-7,13-14H,8-10H2,1-3H3,(H,20,21)/t13-,14-/m0/s1. The molecule has 1 aliphatic rings. The Kier molecular flexibility index (Phi) is 5.72. The van der Waals surface area contributed by atoms with Crippen LogP contribution in [-0.4, -0.2) is 53.5 Å². The number of rotatable bonds is 3. The van der Waals surface area contributed by atoms with Crippen molar-refractivity contribution in [2.75, 3.05) is 19.8 Å². The number of carboxylic acids is 1. The number of hydrogen-bond acceptors (Lipinski definition) is 4. The zero-order chi connectivity index (χ0) is 17.9. The first-order valence-electron chi connectivity index (χ1n) is 7.74. The monoisotopic (exact) mass is 355 g/mol. The molecular formula is C17H22ClNO5. The van der Waals surface area contributed by atoms with Crippen molar-refractivity contribution in [2.45, 2.75) is 38.3 Å². The van der Waals surface area contributed by atoms with Gasteiger partial charge in [0.15, 0.2) is 0 Å². The fourth-order valence-corrected chi connectivity index (χ4v) is 2.77. The summed E-state index contributed by atoms with van der Waals surface area (Å²) in [6, 6.07) is 5.93. The van der Waals surface area contributed by atoms with Crippen molar-refractivity contribution in [3.05, 3.63) is 34.9 Å². The van der Waals surface area contributed by atoms with E-state index in [0.29, 0.717) is 17.2 Å². The average Bonchev–Trinajstić information content (AvgIpc) is 2.48. The number of carbonyl (C=O) groups is 2. The van der Waals surface area contributed by atoms with Gasteiger partial charge in [0.05, 0.1) is 19.3 Å². The molecule has 24 heavy (non-hydrogen) atoms. The van der Waals surface area contributed by atoms with Crippen LogP contribution in [0.15, 0.2) is 24.3 Å². The summed E-state index contributed by atoms with van der Waals surface area (Å²) in [7, 11) is 0. The second kappa shape index (κ2) is 7.40. The summed E-state index contributed by atoms with van der Waals surface area (Å²) in [6.07, 6.45) is -0.531. The third-order valence-electron chi connectivity index (χ3n) is 3.67. The molecule has 2 atom stereocenters. The quantitative estimate of drug-likeness (QED) is 0.901. The number of carbonyl (C=O) groups excluding carboxylic acids is 1. The van der Waals surface area contributed by atoms with E-state index in [1.165, 1.54) is 4.90 Å². The molecule has 0 spiro atoms. The maximum absolute atomic E-state index is 12.5. The zero-order valence-corrected chi connectivity index (χ0v) is 14.7. The number of halogens is 1. The number of ether oxygens (including phenoxy) is 2. The van der Waals surface area contributed by atoms with E-state index in [1.54, 1.807) is 45.0 Å². The van der Waals surface area contributed by atoms with Crippen LogP contribution in [0, 0.1) is 0 Å². The molecule has 0 radical (unpaired) electrons. The van der Waals surface area contributed by atoms with E-state index in [0.717, 1.165) is 0 Å². The topological polar surface area (TPSA) is 76.1 Å². The van der Waals surface area contributed by atoms with Crippen LogP contribution in [0.25, 0.3) is 0 Å². The summed E-state index contributed by atoms with van der Waals surface area (Å²) in [6.45, 7) is 6.09. The average molecular weight is 356 g/mol. The highest BCUT2D eigenvalue weighted by Gasteiger charge is 2.40. The molecule has 1 aromatic carbocycles. The number of aliphatic carboxylic acids is 1. The summed E-state index contributed by atoms with van der Waals surface area (Å²) in [5, 5.41) is 10.2. The van der Waals surface area contributed by atoms with Crippen LogP contribution in [0.1, 0.15) is 32.3 Å². The van der Waals surface area contributed by atoms with E-state index in [-0.39, 0.29) is 13.2 Å². The van der Waals surface area contributed by atoms with Gasteiger partial charge >= 0.3 is 12.1 Å². The number of hydrogen-bond donors (Lipinski definition) is 1. The second-order valence-corrected chi connectivity index (χ2v) is 7.12. The Labute approximate surface area is 146 Å². The Hall–Kier alpha value is -1.79. The predicted molar refractivity (Wildman–Crippen MR) is 89.4 cm³/mol. The van der Waals surface area contributed by atoms with Crippen LogP contribution >= 0.6 is 11.6 Å². The van der Waals surface area contributed by atoms with Gasteiger partial charge in [-0.15, -0.1) is 0 Å². The molecule has 1 heterocycles. The van der Waals surface area contributed by atoms with Crippen molar-refractivity contribution in [2.24, 2.45) is 0 Å². The van der Waals surface area contributed by atoms with Crippen LogP contribution in [0.2, 0.25) is 5.02 Å². The van der Waals surface area contributed by atoms with Gasteiger partial charge < -0.3 is 14.6 Å². The lowest BCUT2D eigenvalue weighted by Crippen LogP contribution is -2.54. The minimum atomic E-state index is -1.03. The van der Waals surface area contributed by atoms with Gasteiger partial charge in [-0.3, -0.25) is 9.69 Å². The molecule has 1 fully saturated rings. The van der Waals surface area contributed by atoms with Crippen LogP contribution in [-0.2, 0) is 14.3 Å². The normalized spacial score (nSPS) is 19.7. The lowest BCUT2D eigenvalue weighted by Gasteiger charge is -2.39. The molecular weight excluding hydrogens is 334 g/mol. The number of amides is 1. The first kappa shape index (κ1) is 18.5. The van der Waals surface area contributed by atoms with E-state index >= 15 is 0 Å². The van der Waals surface area contributed by atoms with Crippen molar-refractivity contribution in [3.8, 4) is 0 Å². The molecule has 132 valence electrons. The molecule has 2 rings (SSSR count). The molecule has 0 aliphatic carbocycles. The lowest BCUT2D eigenvalue weighted by atomic mass is 9.90. The van der Waals surface area contributed by atoms with Crippen LogP contribution in [0.5, 0.6) is 0 Å². The number of carboxylic acid groups (broad SMARTS) is 1. The highest BCUT2D eigenvalue weighted by molar-refractivity contribution is 6.30. The van der Waals surface area contributed by atoms with Crippen LogP contribution < -0.4 is 0 Å². The summed E-state index contributed by atoms with van der Waals surface area (Å²) < 4.78 is 10.8. The first-order valence-corrected chi connectivity index (χ1v) is 8.12. The van der Waals surface area contributed by atoms with Crippen molar-refractivity contribution in [1.29, 1.82) is 0 Å². The van der Waals surface area contributed by atoms with Gasteiger partial charge in [-0.1, -0.05) is 23.7 Å². The fraction of sp³-hybridized carbons (Fsp3) is 0.529. The Balaban J connectivity index is 2.30. The Bertz CT molecular complexity index is 596. The van der Waals surface area contributed by atoms with Gasteiger partial charge in [-0.2, -0.15) is 0 Å². The van der Waals surface area contributed by atoms with E-state index < -0.39 is 29.6 Å². The van der Waals surface area contributed by atoms with Gasteiger partial charge in [-0.25, -0.2) is 4.79 Å². The van der Waals surface area contributed by atoms with Crippen molar-refractivity contribution < 1.29 is 24.2 Å². The Morgan fingerprint density at radius 1 is 1.33 bits per heavy atom. The van der Waals surface area contributed by atoms with Gasteiger partial charge in [0, 0.05) is 11.6 Å². The van der Waals surface area contributed by atoms with Crippen LogP contribution in [0.3, 0.4) is 0 Å². The number of morpholine rings is 1.